The molecule has 0 aromatic heterocycles. The number of nitrogens with zero attached hydrogens (tertiary/aromatic N) is 1. The lowest BCUT2D eigenvalue weighted by Crippen LogP contribution is -2.48. The van der Waals surface area contributed by atoms with Gasteiger partial charge in [-0.05, 0) is 66.2 Å². The molecule has 0 spiro atoms. The van der Waals surface area contributed by atoms with E-state index < -0.39 is 23.6 Å². The first-order valence-corrected chi connectivity index (χ1v) is 9.87. The van der Waals surface area contributed by atoms with Crippen LogP contribution in [0.25, 0.3) is 0 Å². The molecule has 0 heterocycles. The van der Waals surface area contributed by atoms with Crippen molar-refractivity contribution in [1.82, 2.24) is 4.90 Å². The average molecular weight is 440 g/mol. The minimum Gasteiger partial charge on any atom is -0.435 e. The first kappa shape index (κ1) is 23.4. The van der Waals surface area contributed by atoms with Gasteiger partial charge in [0, 0.05) is 22.1 Å². The Kier molecular flexibility index (Phi) is 8.23. The van der Waals surface area contributed by atoms with Crippen LogP contribution in [0.1, 0.15) is 60.1 Å². The van der Waals surface area contributed by atoms with Crippen molar-refractivity contribution >= 4 is 27.8 Å². The summed E-state index contributed by atoms with van der Waals surface area (Å²) in [4.78, 5) is 27.2. The number of aliphatic hydroxyl groups is 1. The van der Waals surface area contributed by atoms with E-state index in [1.54, 1.807) is 56.0 Å². The SMILES string of the molecule is C/C=C(\C(=O)C(C)(C)OC(=O)N(C(C)C)C(C)C)C(O)c1ccc(Br)cc1. The fraction of sp³-hybridized carbons (Fsp3) is 0.524. The zero-order valence-electron chi connectivity index (χ0n) is 17.1. The molecule has 150 valence electrons. The van der Waals surface area contributed by atoms with E-state index in [2.05, 4.69) is 15.9 Å². The van der Waals surface area contributed by atoms with Gasteiger partial charge in [-0.1, -0.05) is 34.1 Å². The van der Waals surface area contributed by atoms with E-state index in [-0.39, 0.29) is 17.7 Å². The normalized spacial score (nSPS) is 13.7. The summed E-state index contributed by atoms with van der Waals surface area (Å²) in [5.41, 5.74) is -0.624. The third kappa shape index (κ3) is 5.91. The second-order valence-electron chi connectivity index (χ2n) is 7.50. The van der Waals surface area contributed by atoms with E-state index in [4.69, 9.17) is 4.74 Å². The molecule has 0 aliphatic carbocycles. The van der Waals surface area contributed by atoms with Crippen LogP contribution in [0.4, 0.5) is 4.79 Å². The summed E-state index contributed by atoms with van der Waals surface area (Å²) < 4.78 is 6.43. The van der Waals surface area contributed by atoms with Gasteiger partial charge in [0.1, 0.15) is 6.10 Å². The Bertz CT molecular complexity index is 685. The Hall–Kier alpha value is -1.66. The number of allylic oxidation sites excluding steroid dienone is 1. The number of amides is 1. The number of benzene rings is 1. The number of halogens is 1. The summed E-state index contributed by atoms with van der Waals surface area (Å²) in [6, 6.07) is 6.96. The standard InChI is InChI=1S/C21H30BrNO4/c1-8-17(18(24)15-9-11-16(22)12-10-15)19(25)21(6,7)27-20(26)23(13(2)3)14(4)5/h8-14,18,24H,1-7H3/b17-8-. The van der Waals surface area contributed by atoms with Crippen LogP contribution in [0.2, 0.25) is 0 Å². The Morgan fingerprint density at radius 2 is 1.59 bits per heavy atom. The van der Waals surface area contributed by atoms with Crippen LogP contribution in [-0.4, -0.2) is 39.6 Å². The summed E-state index contributed by atoms with van der Waals surface area (Å²) >= 11 is 3.35. The maximum Gasteiger partial charge on any atom is 0.411 e. The Balaban J connectivity index is 3.05. The van der Waals surface area contributed by atoms with Crippen molar-refractivity contribution in [2.24, 2.45) is 0 Å². The summed E-state index contributed by atoms with van der Waals surface area (Å²) in [5.74, 6) is -0.429. The quantitative estimate of drug-likeness (QED) is 0.604. The number of carbonyl (C=O) groups is 2. The molecule has 0 radical (unpaired) electrons. The Labute approximate surface area is 170 Å². The molecule has 1 rings (SSSR count). The van der Waals surface area contributed by atoms with Crippen molar-refractivity contribution in [2.45, 2.75) is 72.3 Å². The predicted octanol–water partition coefficient (Wildman–Crippen LogP) is 5.03. The van der Waals surface area contributed by atoms with Crippen LogP contribution >= 0.6 is 15.9 Å². The van der Waals surface area contributed by atoms with Gasteiger partial charge in [0.2, 0.25) is 5.78 Å². The van der Waals surface area contributed by atoms with Gasteiger partial charge in [-0.25, -0.2) is 4.79 Å². The van der Waals surface area contributed by atoms with Crippen LogP contribution in [0.15, 0.2) is 40.4 Å². The van der Waals surface area contributed by atoms with Crippen molar-refractivity contribution in [2.75, 3.05) is 0 Å². The summed E-state index contributed by atoms with van der Waals surface area (Å²) in [6.45, 7) is 12.3. The van der Waals surface area contributed by atoms with E-state index >= 15 is 0 Å². The molecule has 5 nitrogen and oxygen atoms in total. The maximum absolute atomic E-state index is 13.0. The summed E-state index contributed by atoms with van der Waals surface area (Å²) in [6.07, 6.45) is -0.0837. The molecular formula is C21H30BrNO4. The zero-order valence-corrected chi connectivity index (χ0v) is 18.7. The second kappa shape index (κ2) is 9.51. The van der Waals surface area contributed by atoms with Gasteiger partial charge in [0.05, 0.1) is 0 Å². The fourth-order valence-corrected chi connectivity index (χ4v) is 3.18. The first-order chi connectivity index (χ1) is 12.4. The monoisotopic (exact) mass is 439 g/mol. The molecule has 0 fully saturated rings. The Morgan fingerprint density at radius 3 is 2.00 bits per heavy atom. The summed E-state index contributed by atoms with van der Waals surface area (Å²) in [7, 11) is 0. The van der Waals surface area contributed by atoms with Crippen molar-refractivity contribution in [1.29, 1.82) is 0 Å². The number of ether oxygens (including phenoxy) is 1. The molecule has 27 heavy (non-hydrogen) atoms. The topological polar surface area (TPSA) is 66.8 Å². The average Bonchev–Trinajstić information content (AvgIpc) is 2.54. The van der Waals surface area contributed by atoms with E-state index in [9.17, 15) is 14.7 Å². The number of hydrogen-bond donors (Lipinski definition) is 1. The number of ketones is 1. The lowest BCUT2D eigenvalue weighted by molar-refractivity contribution is -0.132. The van der Waals surface area contributed by atoms with Gasteiger partial charge in [0.15, 0.2) is 5.60 Å². The molecule has 0 aliphatic heterocycles. The molecule has 1 aromatic rings. The maximum atomic E-state index is 13.0. The number of carbonyl (C=O) groups excluding carboxylic acids is 2. The molecule has 1 amide bonds. The van der Waals surface area contributed by atoms with Crippen LogP contribution in [0, 0.1) is 0 Å². The highest BCUT2D eigenvalue weighted by Gasteiger charge is 2.38. The molecule has 1 aromatic carbocycles. The zero-order chi connectivity index (χ0) is 20.9. The van der Waals surface area contributed by atoms with Crippen LogP contribution in [-0.2, 0) is 9.53 Å². The third-order valence-corrected chi connectivity index (χ3v) is 4.79. The van der Waals surface area contributed by atoms with Crippen LogP contribution < -0.4 is 0 Å². The molecule has 6 heteroatoms. The van der Waals surface area contributed by atoms with Gasteiger partial charge < -0.3 is 14.7 Å². The molecule has 1 N–H and O–H groups in total. The summed E-state index contributed by atoms with van der Waals surface area (Å²) in [5, 5.41) is 10.7. The predicted molar refractivity (Wildman–Crippen MR) is 111 cm³/mol. The van der Waals surface area contributed by atoms with Gasteiger partial charge in [0.25, 0.3) is 0 Å². The van der Waals surface area contributed by atoms with Crippen LogP contribution in [0.5, 0.6) is 0 Å². The lowest BCUT2D eigenvalue weighted by atomic mass is 9.90. The first-order valence-electron chi connectivity index (χ1n) is 9.08. The highest BCUT2D eigenvalue weighted by atomic mass is 79.9. The highest BCUT2D eigenvalue weighted by Crippen LogP contribution is 2.29. The smallest absolute Gasteiger partial charge is 0.411 e. The lowest BCUT2D eigenvalue weighted by Gasteiger charge is -2.34. The molecule has 1 unspecified atom stereocenters. The number of rotatable bonds is 7. The van der Waals surface area contributed by atoms with Gasteiger partial charge in [-0.3, -0.25) is 4.79 Å². The number of aliphatic hydroxyl groups excluding tert-OH is 1. The minimum atomic E-state index is -1.41. The second-order valence-corrected chi connectivity index (χ2v) is 8.42. The minimum absolute atomic E-state index is 0.0575. The van der Waals surface area contributed by atoms with E-state index in [1.165, 1.54) is 0 Å². The molecule has 1 atom stereocenters. The van der Waals surface area contributed by atoms with Crippen molar-refractivity contribution in [3.63, 3.8) is 0 Å². The van der Waals surface area contributed by atoms with Gasteiger partial charge in [-0.2, -0.15) is 0 Å². The largest absolute Gasteiger partial charge is 0.435 e. The van der Waals surface area contributed by atoms with Crippen molar-refractivity contribution in [3.05, 3.63) is 46.0 Å². The highest BCUT2D eigenvalue weighted by molar-refractivity contribution is 9.10. The fourth-order valence-electron chi connectivity index (χ4n) is 2.92. The molecule has 0 aliphatic rings. The van der Waals surface area contributed by atoms with E-state index in [1.807, 2.05) is 27.7 Å². The van der Waals surface area contributed by atoms with Crippen molar-refractivity contribution in [3.8, 4) is 0 Å². The molecule has 0 saturated carbocycles. The van der Waals surface area contributed by atoms with Gasteiger partial charge in [-0.15, -0.1) is 0 Å². The van der Waals surface area contributed by atoms with Crippen molar-refractivity contribution < 1.29 is 19.4 Å². The van der Waals surface area contributed by atoms with Gasteiger partial charge >= 0.3 is 6.09 Å². The molecular weight excluding hydrogens is 410 g/mol. The number of hydrogen-bond acceptors (Lipinski definition) is 4. The number of Topliss-reactive ketones (excluding diaryl/α,β-unsaturated/α-hetero) is 1. The van der Waals surface area contributed by atoms with E-state index in [0.717, 1.165) is 4.47 Å². The molecule has 0 bridgehead atoms. The third-order valence-electron chi connectivity index (χ3n) is 4.27. The Morgan fingerprint density at radius 1 is 1.11 bits per heavy atom. The van der Waals surface area contributed by atoms with E-state index in [0.29, 0.717) is 5.56 Å². The molecule has 0 saturated heterocycles. The van der Waals surface area contributed by atoms with Crippen LogP contribution in [0.3, 0.4) is 0 Å².